The molecule has 0 aliphatic carbocycles. The van der Waals surface area contributed by atoms with Gasteiger partial charge >= 0.3 is 6.18 Å². The van der Waals surface area contributed by atoms with E-state index in [1.54, 1.807) is 30.3 Å². The molecule has 5 heteroatoms. The Morgan fingerprint density at radius 2 is 1.80 bits per heavy atom. The van der Waals surface area contributed by atoms with Crippen molar-refractivity contribution >= 4 is 5.69 Å². The van der Waals surface area contributed by atoms with E-state index in [0.717, 1.165) is 0 Å². The molecule has 0 radical (unpaired) electrons. The standard InChI is InChI=1S/C10H13F3N2/c11-10(12,13)8(6-14)7-15-9-4-2-1-3-5-9/h1-5,8,15H,6-7,14H2. The zero-order chi connectivity index (χ0) is 11.3. The van der Waals surface area contributed by atoms with E-state index in [0.29, 0.717) is 5.69 Å². The maximum Gasteiger partial charge on any atom is 0.394 e. The van der Waals surface area contributed by atoms with E-state index in [9.17, 15) is 13.2 Å². The van der Waals surface area contributed by atoms with Crippen LogP contribution in [0.4, 0.5) is 18.9 Å². The average Bonchev–Trinajstić information content (AvgIpc) is 2.18. The third kappa shape index (κ3) is 3.79. The van der Waals surface area contributed by atoms with Crippen molar-refractivity contribution in [1.82, 2.24) is 0 Å². The average molecular weight is 218 g/mol. The highest BCUT2D eigenvalue weighted by atomic mass is 19.4. The van der Waals surface area contributed by atoms with Gasteiger partial charge in [0.05, 0.1) is 5.92 Å². The fourth-order valence-corrected chi connectivity index (χ4v) is 1.13. The van der Waals surface area contributed by atoms with Gasteiger partial charge in [0.1, 0.15) is 0 Å². The van der Waals surface area contributed by atoms with Crippen molar-refractivity contribution in [2.24, 2.45) is 11.7 Å². The highest BCUT2D eigenvalue weighted by molar-refractivity contribution is 5.42. The number of halogens is 3. The molecule has 0 aromatic heterocycles. The second-order valence-corrected chi connectivity index (χ2v) is 3.22. The van der Waals surface area contributed by atoms with Gasteiger partial charge in [-0.3, -0.25) is 0 Å². The van der Waals surface area contributed by atoms with Gasteiger partial charge in [-0.15, -0.1) is 0 Å². The third-order valence-electron chi connectivity index (χ3n) is 2.07. The summed E-state index contributed by atoms with van der Waals surface area (Å²) < 4.78 is 36.9. The predicted octanol–water partition coefficient (Wildman–Crippen LogP) is 2.24. The number of hydrogen-bond donors (Lipinski definition) is 2. The normalized spacial score (nSPS) is 13.6. The Bertz CT molecular complexity index is 284. The molecule has 0 bridgehead atoms. The van der Waals surface area contributed by atoms with Crippen LogP contribution < -0.4 is 11.1 Å². The summed E-state index contributed by atoms with van der Waals surface area (Å²) in [5.41, 5.74) is 5.73. The third-order valence-corrected chi connectivity index (χ3v) is 2.07. The lowest BCUT2D eigenvalue weighted by molar-refractivity contribution is -0.167. The Balaban J connectivity index is 2.49. The summed E-state index contributed by atoms with van der Waals surface area (Å²) in [5, 5.41) is 2.70. The van der Waals surface area contributed by atoms with Crippen molar-refractivity contribution in [3.05, 3.63) is 30.3 Å². The van der Waals surface area contributed by atoms with Crippen LogP contribution in [0, 0.1) is 5.92 Å². The molecule has 1 unspecified atom stereocenters. The summed E-state index contributed by atoms with van der Waals surface area (Å²) in [4.78, 5) is 0. The minimum absolute atomic E-state index is 0.190. The Hall–Kier alpha value is -1.23. The molecule has 15 heavy (non-hydrogen) atoms. The first-order valence-corrected chi connectivity index (χ1v) is 4.59. The molecule has 2 nitrogen and oxygen atoms in total. The Kier molecular flexibility index (Phi) is 3.96. The quantitative estimate of drug-likeness (QED) is 0.813. The van der Waals surface area contributed by atoms with Crippen LogP contribution in [-0.2, 0) is 0 Å². The van der Waals surface area contributed by atoms with Gasteiger partial charge in [-0.2, -0.15) is 13.2 Å². The fraction of sp³-hybridized carbons (Fsp3) is 0.400. The smallest absolute Gasteiger partial charge is 0.384 e. The molecule has 0 aliphatic rings. The maximum absolute atomic E-state index is 12.3. The summed E-state index contributed by atoms with van der Waals surface area (Å²) in [6.07, 6.45) is -4.24. The van der Waals surface area contributed by atoms with Crippen LogP contribution in [0.3, 0.4) is 0 Å². The predicted molar refractivity (Wildman–Crippen MR) is 53.5 cm³/mol. The van der Waals surface area contributed by atoms with Crippen LogP contribution in [-0.4, -0.2) is 19.3 Å². The monoisotopic (exact) mass is 218 g/mol. The zero-order valence-electron chi connectivity index (χ0n) is 8.09. The Morgan fingerprint density at radius 1 is 1.20 bits per heavy atom. The molecule has 84 valence electrons. The van der Waals surface area contributed by atoms with Crippen LogP contribution in [0.5, 0.6) is 0 Å². The maximum atomic E-state index is 12.3. The molecule has 0 amide bonds. The second-order valence-electron chi connectivity index (χ2n) is 3.22. The van der Waals surface area contributed by atoms with Crippen molar-refractivity contribution in [3.8, 4) is 0 Å². The fourth-order valence-electron chi connectivity index (χ4n) is 1.13. The van der Waals surface area contributed by atoms with E-state index < -0.39 is 18.6 Å². The molecule has 0 aliphatic heterocycles. The highest BCUT2D eigenvalue weighted by Crippen LogP contribution is 2.25. The molecule has 1 aromatic rings. The van der Waals surface area contributed by atoms with E-state index in [1.165, 1.54) is 0 Å². The lowest BCUT2D eigenvalue weighted by Crippen LogP contribution is -2.35. The lowest BCUT2D eigenvalue weighted by Gasteiger charge is -2.19. The minimum Gasteiger partial charge on any atom is -0.384 e. The van der Waals surface area contributed by atoms with Gasteiger partial charge in [0.2, 0.25) is 0 Å². The number of nitrogens with two attached hydrogens (primary N) is 1. The number of benzene rings is 1. The van der Waals surface area contributed by atoms with Crippen molar-refractivity contribution in [3.63, 3.8) is 0 Å². The van der Waals surface area contributed by atoms with Crippen LogP contribution in [0.1, 0.15) is 0 Å². The van der Waals surface area contributed by atoms with Crippen LogP contribution in [0.2, 0.25) is 0 Å². The number of hydrogen-bond acceptors (Lipinski definition) is 2. The number of alkyl halides is 3. The van der Waals surface area contributed by atoms with Gasteiger partial charge in [0.15, 0.2) is 0 Å². The van der Waals surface area contributed by atoms with Crippen molar-refractivity contribution in [2.75, 3.05) is 18.4 Å². The highest BCUT2D eigenvalue weighted by Gasteiger charge is 2.38. The lowest BCUT2D eigenvalue weighted by atomic mass is 10.1. The summed E-state index contributed by atoms with van der Waals surface area (Å²) in [6, 6.07) is 8.74. The summed E-state index contributed by atoms with van der Waals surface area (Å²) >= 11 is 0. The van der Waals surface area contributed by atoms with Gasteiger partial charge in [-0.25, -0.2) is 0 Å². The van der Waals surface area contributed by atoms with Gasteiger partial charge < -0.3 is 11.1 Å². The van der Waals surface area contributed by atoms with E-state index in [1.807, 2.05) is 0 Å². The largest absolute Gasteiger partial charge is 0.394 e. The first kappa shape index (κ1) is 11.8. The molecular formula is C10H13F3N2. The molecule has 0 fully saturated rings. The number of nitrogens with one attached hydrogen (secondary N) is 1. The molecule has 1 rings (SSSR count). The molecule has 3 N–H and O–H groups in total. The number of para-hydroxylation sites is 1. The molecule has 0 spiro atoms. The topological polar surface area (TPSA) is 38.0 Å². The second kappa shape index (κ2) is 5.02. The van der Waals surface area contributed by atoms with Crippen LogP contribution in [0.15, 0.2) is 30.3 Å². The van der Waals surface area contributed by atoms with Gasteiger partial charge in [0.25, 0.3) is 0 Å². The summed E-state index contributed by atoms with van der Waals surface area (Å²) in [5.74, 6) is -1.50. The van der Waals surface area contributed by atoms with Gasteiger partial charge in [0, 0.05) is 18.8 Å². The van der Waals surface area contributed by atoms with Crippen molar-refractivity contribution in [1.29, 1.82) is 0 Å². The first-order chi connectivity index (χ1) is 7.04. The molecule has 1 atom stereocenters. The number of rotatable bonds is 4. The summed E-state index contributed by atoms with van der Waals surface area (Å²) in [7, 11) is 0. The van der Waals surface area contributed by atoms with Gasteiger partial charge in [-0.05, 0) is 12.1 Å². The first-order valence-electron chi connectivity index (χ1n) is 4.59. The Labute approximate surface area is 86.3 Å². The van der Waals surface area contributed by atoms with E-state index in [-0.39, 0.29) is 6.54 Å². The van der Waals surface area contributed by atoms with Crippen LogP contribution in [0.25, 0.3) is 0 Å². The van der Waals surface area contributed by atoms with Crippen LogP contribution >= 0.6 is 0 Å². The van der Waals surface area contributed by atoms with Crippen molar-refractivity contribution < 1.29 is 13.2 Å². The van der Waals surface area contributed by atoms with E-state index in [4.69, 9.17) is 5.73 Å². The molecule has 1 aromatic carbocycles. The van der Waals surface area contributed by atoms with E-state index >= 15 is 0 Å². The van der Waals surface area contributed by atoms with E-state index in [2.05, 4.69) is 5.32 Å². The minimum atomic E-state index is -4.24. The number of anilines is 1. The summed E-state index contributed by atoms with van der Waals surface area (Å²) in [6.45, 7) is -0.590. The SMILES string of the molecule is NCC(CNc1ccccc1)C(F)(F)F. The zero-order valence-corrected chi connectivity index (χ0v) is 8.09. The Morgan fingerprint density at radius 3 is 2.27 bits per heavy atom. The van der Waals surface area contributed by atoms with Gasteiger partial charge in [-0.1, -0.05) is 18.2 Å². The molecule has 0 saturated carbocycles. The molecule has 0 saturated heterocycles. The molecule has 0 heterocycles. The van der Waals surface area contributed by atoms with Crippen molar-refractivity contribution in [2.45, 2.75) is 6.18 Å². The molecular weight excluding hydrogens is 205 g/mol.